The van der Waals surface area contributed by atoms with E-state index < -0.39 is 0 Å². The molecule has 0 unspecified atom stereocenters. The van der Waals surface area contributed by atoms with Crippen LogP contribution in [0.3, 0.4) is 0 Å². The van der Waals surface area contributed by atoms with Crippen LogP contribution in [0.5, 0.6) is 5.75 Å². The van der Waals surface area contributed by atoms with Crippen LogP contribution in [0.4, 0.5) is 0 Å². The van der Waals surface area contributed by atoms with Gasteiger partial charge in [0.15, 0.2) is 5.75 Å². The Bertz CT molecular complexity index is 278. The molecule has 0 spiro atoms. The molecule has 0 bridgehead atoms. The summed E-state index contributed by atoms with van der Waals surface area (Å²) in [5, 5.41) is 6.69. The van der Waals surface area contributed by atoms with Crippen LogP contribution in [0.25, 0.3) is 6.08 Å². The molecule has 1 aromatic heterocycles. The number of nitrogens with zero attached hydrogens (tertiary/aromatic N) is 1. The Kier molecular flexibility index (Phi) is 3.52. The second-order valence-electron chi connectivity index (χ2n) is 2.97. The van der Waals surface area contributed by atoms with E-state index in [4.69, 9.17) is 10.5 Å². The van der Waals surface area contributed by atoms with Crippen molar-refractivity contribution in [1.29, 1.82) is 0 Å². The summed E-state index contributed by atoms with van der Waals surface area (Å²) >= 11 is 0. The zero-order chi connectivity index (χ0) is 9.68. The van der Waals surface area contributed by atoms with E-state index in [2.05, 4.69) is 10.2 Å². The molecule has 0 aliphatic rings. The molecule has 1 aromatic rings. The molecule has 1 rings (SSSR count). The van der Waals surface area contributed by atoms with E-state index >= 15 is 0 Å². The van der Waals surface area contributed by atoms with Crippen molar-refractivity contribution in [2.45, 2.75) is 19.4 Å². The van der Waals surface area contributed by atoms with Gasteiger partial charge in [-0.25, -0.2) is 0 Å². The topological polar surface area (TPSA) is 63.9 Å². The van der Waals surface area contributed by atoms with Gasteiger partial charge in [-0.3, -0.25) is 5.10 Å². The highest BCUT2D eigenvalue weighted by Gasteiger charge is 1.99. The predicted molar refractivity (Wildman–Crippen MR) is 52.4 cm³/mol. The number of aromatic amines is 1. The average Bonchev–Trinajstić information content (AvgIpc) is 2.51. The number of ether oxygens (including phenoxy) is 1. The quantitative estimate of drug-likeness (QED) is 0.732. The first kappa shape index (κ1) is 9.80. The molecule has 0 amide bonds. The third kappa shape index (κ3) is 2.91. The van der Waals surface area contributed by atoms with E-state index in [1.54, 1.807) is 13.3 Å². The van der Waals surface area contributed by atoms with Crippen LogP contribution < -0.4 is 10.5 Å². The Balaban J connectivity index is 2.57. The van der Waals surface area contributed by atoms with Crippen LogP contribution in [0.15, 0.2) is 12.3 Å². The maximum atomic E-state index is 5.59. The number of hydrogen-bond acceptors (Lipinski definition) is 3. The summed E-state index contributed by atoms with van der Waals surface area (Å²) in [6.45, 7) is 1.97. The van der Waals surface area contributed by atoms with Crippen molar-refractivity contribution in [1.82, 2.24) is 10.2 Å². The van der Waals surface area contributed by atoms with Gasteiger partial charge in [0.05, 0.1) is 19.0 Å². The summed E-state index contributed by atoms with van der Waals surface area (Å²) in [6, 6.07) is 0.185. The first-order valence-electron chi connectivity index (χ1n) is 4.23. The maximum absolute atomic E-state index is 5.59. The number of aromatic nitrogens is 2. The Morgan fingerprint density at radius 1 is 1.77 bits per heavy atom. The second-order valence-corrected chi connectivity index (χ2v) is 2.97. The third-order valence-electron chi connectivity index (χ3n) is 1.64. The monoisotopic (exact) mass is 181 g/mol. The summed E-state index contributed by atoms with van der Waals surface area (Å²) in [7, 11) is 1.62. The zero-order valence-electron chi connectivity index (χ0n) is 7.95. The first-order chi connectivity index (χ1) is 6.24. The minimum Gasteiger partial charge on any atom is -0.493 e. The van der Waals surface area contributed by atoms with E-state index in [-0.39, 0.29) is 6.04 Å². The maximum Gasteiger partial charge on any atom is 0.163 e. The summed E-state index contributed by atoms with van der Waals surface area (Å²) in [4.78, 5) is 0. The lowest BCUT2D eigenvalue weighted by Gasteiger charge is -1.98. The molecule has 0 saturated carbocycles. The van der Waals surface area contributed by atoms with Crippen molar-refractivity contribution in [3.8, 4) is 5.75 Å². The SMILES string of the molecule is COc1cn[nH]c1/C=C/C[C@H](C)N. The number of nitrogens with one attached hydrogen (secondary N) is 1. The molecule has 0 aliphatic heterocycles. The van der Waals surface area contributed by atoms with E-state index in [0.29, 0.717) is 0 Å². The van der Waals surface area contributed by atoms with Gasteiger partial charge >= 0.3 is 0 Å². The van der Waals surface area contributed by atoms with Crippen LogP contribution >= 0.6 is 0 Å². The molecule has 0 aromatic carbocycles. The highest BCUT2D eigenvalue weighted by atomic mass is 16.5. The van der Waals surface area contributed by atoms with E-state index in [9.17, 15) is 0 Å². The van der Waals surface area contributed by atoms with E-state index in [0.717, 1.165) is 17.9 Å². The predicted octanol–water partition coefficient (Wildman–Crippen LogP) is 1.17. The van der Waals surface area contributed by atoms with Crippen LogP contribution in [0, 0.1) is 0 Å². The number of hydrogen-bond donors (Lipinski definition) is 2. The van der Waals surface area contributed by atoms with Gasteiger partial charge in [-0.2, -0.15) is 5.10 Å². The van der Waals surface area contributed by atoms with Crippen LogP contribution in [0.1, 0.15) is 19.0 Å². The van der Waals surface area contributed by atoms with Gasteiger partial charge in [-0.1, -0.05) is 6.08 Å². The molecule has 4 heteroatoms. The Morgan fingerprint density at radius 2 is 2.54 bits per heavy atom. The normalized spacial score (nSPS) is 13.5. The average molecular weight is 181 g/mol. The number of rotatable bonds is 4. The summed E-state index contributed by atoms with van der Waals surface area (Å²) in [5.74, 6) is 0.751. The van der Waals surface area contributed by atoms with Crippen molar-refractivity contribution < 1.29 is 4.74 Å². The van der Waals surface area contributed by atoms with Crippen LogP contribution in [0.2, 0.25) is 0 Å². The van der Waals surface area contributed by atoms with Gasteiger partial charge < -0.3 is 10.5 Å². The molecule has 0 aliphatic carbocycles. The Morgan fingerprint density at radius 3 is 3.15 bits per heavy atom. The van der Waals surface area contributed by atoms with Crippen LogP contribution in [-0.4, -0.2) is 23.3 Å². The highest BCUT2D eigenvalue weighted by Crippen LogP contribution is 2.15. The van der Waals surface area contributed by atoms with Crippen LogP contribution in [-0.2, 0) is 0 Å². The van der Waals surface area contributed by atoms with Crippen molar-refractivity contribution in [2.75, 3.05) is 7.11 Å². The molecular formula is C9H15N3O. The molecule has 1 heterocycles. The highest BCUT2D eigenvalue weighted by molar-refractivity contribution is 5.51. The molecule has 1 atom stereocenters. The lowest BCUT2D eigenvalue weighted by atomic mass is 10.2. The summed E-state index contributed by atoms with van der Waals surface area (Å²) < 4.78 is 5.07. The first-order valence-corrected chi connectivity index (χ1v) is 4.23. The van der Waals surface area contributed by atoms with Gasteiger partial charge in [0.2, 0.25) is 0 Å². The minimum atomic E-state index is 0.185. The van der Waals surface area contributed by atoms with Gasteiger partial charge in [-0.05, 0) is 19.4 Å². The van der Waals surface area contributed by atoms with Crippen molar-refractivity contribution >= 4 is 6.08 Å². The molecular weight excluding hydrogens is 166 g/mol. The van der Waals surface area contributed by atoms with E-state index in [1.165, 1.54) is 0 Å². The Labute approximate surface area is 77.8 Å². The zero-order valence-corrected chi connectivity index (χ0v) is 7.95. The number of H-pyrrole nitrogens is 1. The fourth-order valence-corrected chi connectivity index (χ4v) is 0.968. The molecule has 0 radical (unpaired) electrons. The van der Waals surface area contributed by atoms with Gasteiger partial charge in [0.25, 0.3) is 0 Å². The fraction of sp³-hybridized carbons (Fsp3) is 0.444. The molecule has 0 saturated heterocycles. The van der Waals surface area contributed by atoms with Gasteiger partial charge in [0, 0.05) is 6.04 Å². The minimum absolute atomic E-state index is 0.185. The third-order valence-corrected chi connectivity index (χ3v) is 1.64. The Hall–Kier alpha value is -1.29. The second kappa shape index (κ2) is 4.67. The summed E-state index contributed by atoms with van der Waals surface area (Å²) in [6.07, 6.45) is 6.42. The van der Waals surface area contributed by atoms with Crippen molar-refractivity contribution in [2.24, 2.45) is 5.73 Å². The van der Waals surface area contributed by atoms with E-state index in [1.807, 2.05) is 19.1 Å². The van der Waals surface area contributed by atoms with Gasteiger partial charge in [-0.15, -0.1) is 0 Å². The number of nitrogens with two attached hydrogens (primary N) is 1. The van der Waals surface area contributed by atoms with Gasteiger partial charge in [0.1, 0.15) is 0 Å². The fourth-order valence-electron chi connectivity index (χ4n) is 0.968. The molecule has 13 heavy (non-hydrogen) atoms. The lowest BCUT2D eigenvalue weighted by molar-refractivity contribution is 0.414. The summed E-state index contributed by atoms with van der Waals surface area (Å²) in [5.41, 5.74) is 6.47. The smallest absolute Gasteiger partial charge is 0.163 e. The molecule has 72 valence electrons. The largest absolute Gasteiger partial charge is 0.493 e. The molecule has 0 fully saturated rings. The number of methoxy groups -OCH3 is 1. The van der Waals surface area contributed by atoms with Crippen molar-refractivity contribution in [3.63, 3.8) is 0 Å². The lowest BCUT2D eigenvalue weighted by Crippen LogP contribution is -2.12. The standard InChI is InChI=1S/C9H15N3O/c1-7(10)4-3-5-8-9(13-2)6-11-12-8/h3,5-7H,4,10H2,1-2H3,(H,11,12)/b5-3+/t7-/m0/s1. The molecule has 4 nitrogen and oxygen atoms in total. The van der Waals surface area contributed by atoms with Crippen molar-refractivity contribution in [3.05, 3.63) is 18.0 Å². The molecule has 3 N–H and O–H groups in total.